The Bertz CT molecular complexity index is 397. The van der Waals surface area contributed by atoms with Crippen LogP contribution in [0.4, 0.5) is 4.39 Å². The number of carbonyl (C=O) groups excluding carboxylic acids is 1. The molecule has 2 saturated heterocycles. The maximum absolute atomic E-state index is 12.0. The summed E-state index contributed by atoms with van der Waals surface area (Å²) in [5.41, 5.74) is 0. The van der Waals surface area contributed by atoms with E-state index in [1.165, 1.54) is 4.31 Å². The third-order valence-electron chi connectivity index (χ3n) is 3.34. The van der Waals surface area contributed by atoms with Gasteiger partial charge in [-0.3, -0.25) is 9.18 Å². The van der Waals surface area contributed by atoms with E-state index in [9.17, 15) is 17.6 Å². The molecule has 2 atom stereocenters. The Morgan fingerprint density at radius 3 is 2.88 bits per heavy atom. The van der Waals surface area contributed by atoms with Crippen molar-refractivity contribution in [2.45, 2.75) is 25.3 Å². The lowest BCUT2D eigenvalue weighted by atomic mass is 9.96. The van der Waals surface area contributed by atoms with Crippen molar-refractivity contribution >= 4 is 16.0 Å². The van der Waals surface area contributed by atoms with Gasteiger partial charge in [0.05, 0.1) is 19.0 Å². The van der Waals surface area contributed by atoms with Crippen molar-refractivity contribution < 1.29 is 22.3 Å². The van der Waals surface area contributed by atoms with Gasteiger partial charge in [-0.15, -0.1) is 0 Å². The van der Waals surface area contributed by atoms with Gasteiger partial charge in [0.1, 0.15) is 6.04 Å². The van der Waals surface area contributed by atoms with E-state index in [0.717, 1.165) is 0 Å². The predicted molar refractivity (Wildman–Crippen MR) is 58.6 cm³/mol. The molecule has 7 heteroatoms. The summed E-state index contributed by atoms with van der Waals surface area (Å²) < 4.78 is 42.0. The summed E-state index contributed by atoms with van der Waals surface area (Å²) in [5.74, 6) is -0.626. The Balaban J connectivity index is 2.13. The number of halogens is 1. The Hall–Kier alpha value is -0.690. The van der Waals surface area contributed by atoms with Crippen LogP contribution in [-0.2, 0) is 19.6 Å². The summed E-state index contributed by atoms with van der Waals surface area (Å²) in [6, 6.07) is -0.673. The zero-order valence-electron chi connectivity index (χ0n) is 9.47. The van der Waals surface area contributed by atoms with Crippen molar-refractivity contribution in [1.82, 2.24) is 4.31 Å². The second kappa shape index (κ2) is 4.89. The molecule has 0 radical (unpaired) electrons. The molecule has 0 spiro atoms. The standard InChI is InChI=1S/C10H16FNO4S/c11-4-1-7-17(14,15)12-5-2-8-3-6-16-10(13)9(8)12/h8-9H,1-7H2/t8-,9-/m0/s1. The highest BCUT2D eigenvalue weighted by Crippen LogP contribution is 2.33. The molecular formula is C10H16FNO4S. The van der Waals surface area contributed by atoms with Crippen LogP contribution >= 0.6 is 0 Å². The first-order valence-electron chi connectivity index (χ1n) is 5.78. The van der Waals surface area contributed by atoms with Gasteiger partial charge in [0.15, 0.2) is 0 Å². The SMILES string of the molecule is O=C1OCC[C@@H]2CCN(S(=O)(=O)CCCF)[C@H]12. The molecule has 0 saturated carbocycles. The van der Waals surface area contributed by atoms with Crippen LogP contribution < -0.4 is 0 Å². The number of esters is 1. The second-order valence-corrected chi connectivity index (χ2v) is 6.46. The summed E-state index contributed by atoms with van der Waals surface area (Å²) in [6.07, 6.45) is 1.38. The number of fused-ring (bicyclic) bond motifs is 1. The van der Waals surface area contributed by atoms with E-state index in [-0.39, 0.29) is 18.1 Å². The van der Waals surface area contributed by atoms with Gasteiger partial charge in [0.2, 0.25) is 10.0 Å². The highest BCUT2D eigenvalue weighted by Gasteiger charge is 2.47. The minimum Gasteiger partial charge on any atom is -0.464 e. The highest BCUT2D eigenvalue weighted by atomic mass is 32.2. The zero-order valence-corrected chi connectivity index (χ0v) is 10.3. The maximum atomic E-state index is 12.0. The summed E-state index contributed by atoms with van der Waals surface area (Å²) in [4.78, 5) is 11.6. The van der Waals surface area contributed by atoms with Gasteiger partial charge in [0, 0.05) is 6.54 Å². The Morgan fingerprint density at radius 2 is 2.18 bits per heavy atom. The van der Waals surface area contributed by atoms with Crippen LogP contribution in [0.2, 0.25) is 0 Å². The summed E-state index contributed by atoms with van der Waals surface area (Å²) in [7, 11) is -3.53. The highest BCUT2D eigenvalue weighted by molar-refractivity contribution is 7.89. The third-order valence-corrected chi connectivity index (χ3v) is 5.27. The molecule has 0 aliphatic carbocycles. The van der Waals surface area contributed by atoms with Crippen molar-refractivity contribution in [2.24, 2.45) is 5.92 Å². The number of sulfonamides is 1. The fourth-order valence-corrected chi connectivity index (χ4v) is 4.20. The molecule has 2 aliphatic heterocycles. The van der Waals surface area contributed by atoms with E-state index >= 15 is 0 Å². The molecule has 17 heavy (non-hydrogen) atoms. The van der Waals surface area contributed by atoms with Gasteiger partial charge in [-0.25, -0.2) is 8.42 Å². The average Bonchev–Trinajstić information content (AvgIpc) is 2.72. The number of hydrogen-bond donors (Lipinski definition) is 0. The maximum Gasteiger partial charge on any atom is 0.324 e. The van der Waals surface area contributed by atoms with Crippen LogP contribution in [0.5, 0.6) is 0 Å². The van der Waals surface area contributed by atoms with E-state index < -0.39 is 28.7 Å². The number of carbonyl (C=O) groups is 1. The van der Waals surface area contributed by atoms with Crippen LogP contribution in [0.25, 0.3) is 0 Å². The third kappa shape index (κ3) is 2.44. The van der Waals surface area contributed by atoms with Crippen LogP contribution in [-0.4, -0.2) is 50.3 Å². The molecular weight excluding hydrogens is 249 g/mol. The van der Waals surface area contributed by atoms with Gasteiger partial charge in [-0.2, -0.15) is 4.31 Å². The lowest BCUT2D eigenvalue weighted by molar-refractivity contribution is -0.153. The average molecular weight is 265 g/mol. The van der Waals surface area contributed by atoms with Crippen molar-refractivity contribution in [3.8, 4) is 0 Å². The van der Waals surface area contributed by atoms with E-state index in [1.807, 2.05) is 0 Å². The lowest BCUT2D eigenvalue weighted by Crippen LogP contribution is -2.47. The quantitative estimate of drug-likeness (QED) is 0.686. The summed E-state index contributed by atoms with van der Waals surface area (Å²) in [6.45, 7) is 0.0586. The Labute approximate surface area is 100.0 Å². The smallest absolute Gasteiger partial charge is 0.324 e. The molecule has 0 unspecified atom stereocenters. The number of rotatable bonds is 4. The molecule has 0 aromatic heterocycles. The van der Waals surface area contributed by atoms with Crippen LogP contribution in [0.1, 0.15) is 19.3 Å². The fourth-order valence-electron chi connectivity index (χ4n) is 2.50. The topological polar surface area (TPSA) is 63.7 Å². The molecule has 2 aliphatic rings. The molecule has 2 fully saturated rings. The first kappa shape index (κ1) is 12.8. The van der Waals surface area contributed by atoms with E-state index in [2.05, 4.69) is 0 Å². The van der Waals surface area contributed by atoms with Crippen molar-refractivity contribution in [2.75, 3.05) is 25.6 Å². The first-order chi connectivity index (χ1) is 8.06. The molecule has 5 nitrogen and oxygen atoms in total. The number of ether oxygens (including phenoxy) is 1. The number of cyclic esters (lactones) is 1. The van der Waals surface area contributed by atoms with Gasteiger partial charge in [-0.1, -0.05) is 0 Å². The molecule has 0 aromatic rings. The van der Waals surface area contributed by atoms with Crippen molar-refractivity contribution in [1.29, 1.82) is 0 Å². The van der Waals surface area contributed by atoms with E-state index in [1.54, 1.807) is 0 Å². The van der Waals surface area contributed by atoms with E-state index in [4.69, 9.17) is 4.74 Å². The molecule has 2 heterocycles. The fraction of sp³-hybridized carbons (Fsp3) is 0.900. The number of nitrogens with zero attached hydrogens (tertiary/aromatic N) is 1. The summed E-state index contributed by atoms with van der Waals surface area (Å²) in [5, 5.41) is 0. The molecule has 0 N–H and O–H groups in total. The zero-order chi connectivity index (χ0) is 12.5. The Morgan fingerprint density at radius 1 is 1.41 bits per heavy atom. The number of alkyl halides is 1. The van der Waals surface area contributed by atoms with Gasteiger partial charge >= 0.3 is 5.97 Å². The molecule has 0 aromatic carbocycles. The van der Waals surface area contributed by atoms with Gasteiger partial charge in [0.25, 0.3) is 0 Å². The minimum absolute atomic E-state index is 0.0226. The largest absolute Gasteiger partial charge is 0.464 e. The Kier molecular flexibility index (Phi) is 3.67. The van der Waals surface area contributed by atoms with Crippen molar-refractivity contribution in [3.63, 3.8) is 0 Å². The summed E-state index contributed by atoms with van der Waals surface area (Å²) >= 11 is 0. The molecule has 0 amide bonds. The molecule has 0 bridgehead atoms. The second-order valence-electron chi connectivity index (χ2n) is 4.42. The van der Waals surface area contributed by atoms with Crippen LogP contribution in [0.3, 0.4) is 0 Å². The van der Waals surface area contributed by atoms with Crippen LogP contribution in [0, 0.1) is 5.92 Å². The predicted octanol–water partition coefficient (Wildman–Crippen LogP) is 0.313. The van der Waals surface area contributed by atoms with E-state index in [0.29, 0.717) is 26.0 Å². The molecule has 98 valence electrons. The van der Waals surface area contributed by atoms with Gasteiger partial charge < -0.3 is 4.74 Å². The normalized spacial score (nSPS) is 30.1. The molecule has 2 rings (SSSR count). The monoisotopic (exact) mass is 265 g/mol. The first-order valence-corrected chi connectivity index (χ1v) is 7.39. The van der Waals surface area contributed by atoms with Gasteiger partial charge in [-0.05, 0) is 25.2 Å². The van der Waals surface area contributed by atoms with Crippen LogP contribution in [0.15, 0.2) is 0 Å². The minimum atomic E-state index is -3.53. The van der Waals surface area contributed by atoms with Crippen molar-refractivity contribution in [3.05, 3.63) is 0 Å². The number of hydrogen-bond acceptors (Lipinski definition) is 4. The lowest BCUT2D eigenvalue weighted by Gasteiger charge is -2.29.